The molecule has 3 heterocycles. The number of benzene rings is 1. The zero-order valence-corrected chi connectivity index (χ0v) is 19.9. The molecule has 0 bridgehead atoms. The number of anilines is 1. The van der Waals surface area contributed by atoms with Gasteiger partial charge in [0.2, 0.25) is 11.8 Å². The maximum atomic E-state index is 12.5. The normalized spacial score (nSPS) is 10.7. The Hall–Kier alpha value is -4.41. The molecule has 4 aromatic rings. The zero-order chi connectivity index (χ0) is 24.8. The Kier molecular flexibility index (Phi) is 7.24. The number of methoxy groups -OCH3 is 2. The van der Waals surface area contributed by atoms with Crippen molar-refractivity contribution in [1.82, 2.24) is 25.1 Å². The highest BCUT2D eigenvalue weighted by Gasteiger charge is 2.16. The molecule has 0 saturated heterocycles. The molecule has 0 aliphatic rings. The number of aromatic nitrogens is 5. The first kappa shape index (κ1) is 23.7. The Balaban J connectivity index is 1.55. The number of aryl methyl sites for hydroxylation is 1. The van der Waals surface area contributed by atoms with Crippen LogP contribution in [0.3, 0.4) is 0 Å². The van der Waals surface area contributed by atoms with Crippen molar-refractivity contribution in [2.24, 2.45) is 0 Å². The fraction of sp³-hybridized carbons (Fsp3) is 0.292. The summed E-state index contributed by atoms with van der Waals surface area (Å²) < 4.78 is 22.5. The van der Waals surface area contributed by atoms with E-state index in [4.69, 9.17) is 18.9 Å². The van der Waals surface area contributed by atoms with Crippen molar-refractivity contribution < 1.29 is 23.7 Å². The second kappa shape index (κ2) is 10.7. The molecule has 0 spiro atoms. The summed E-state index contributed by atoms with van der Waals surface area (Å²) in [7, 11) is 3.07. The Morgan fingerprint density at radius 3 is 2.54 bits per heavy atom. The number of aromatic amines is 1. The van der Waals surface area contributed by atoms with Crippen molar-refractivity contribution in [3.8, 4) is 28.9 Å². The molecular weight excluding hydrogens is 452 g/mol. The van der Waals surface area contributed by atoms with Gasteiger partial charge in [-0.05, 0) is 19.4 Å². The van der Waals surface area contributed by atoms with Crippen LogP contribution in [0.5, 0.6) is 28.9 Å². The standard InChI is InChI=1S/C24H26N6O5/c1-5-14-7-22(30-29-14)28-23(31)11-18-19(32-3)8-15(12-25-18)35-24-16-9-21(34-6-2)20(33-4)10-17(16)26-13-27-24/h7-10,12-13H,5-6,11H2,1-4H3,(H2,28,29,30,31). The Morgan fingerprint density at radius 1 is 1.00 bits per heavy atom. The van der Waals surface area contributed by atoms with Crippen LogP contribution in [0.25, 0.3) is 10.9 Å². The van der Waals surface area contributed by atoms with Crippen LogP contribution in [-0.2, 0) is 17.6 Å². The number of fused-ring (bicyclic) bond motifs is 1. The van der Waals surface area contributed by atoms with Crippen molar-refractivity contribution in [3.05, 3.63) is 48.2 Å². The topological polar surface area (TPSA) is 133 Å². The Morgan fingerprint density at radius 2 is 1.83 bits per heavy atom. The van der Waals surface area contributed by atoms with Gasteiger partial charge in [0.15, 0.2) is 23.1 Å². The van der Waals surface area contributed by atoms with E-state index < -0.39 is 0 Å². The molecule has 1 aromatic carbocycles. The number of amides is 1. The summed E-state index contributed by atoms with van der Waals surface area (Å²) in [6.07, 6.45) is 3.71. The van der Waals surface area contributed by atoms with Crippen LogP contribution in [0.15, 0.2) is 36.8 Å². The highest BCUT2D eigenvalue weighted by atomic mass is 16.5. The first-order valence-electron chi connectivity index (χ1n) is 11.0. The molecule has 0 fully saturated rings. The highest BCUT2D eigenvalue weighted by molar-refractivity contribution is 5.91. The lowest BCUT2D eigenvalue weighted by Crippen LogP contribution is -2.16. The third kappa shape index (κ3) is 5.40. The fourth-order valence-electron chi connectivity index (χ4n) is 3.43. The van der Waals surface area contributed by atoms with Crippen LogP contribution in [-0.4, -0.2) is 51.9 Å². The smallest absolute Gasteiger partial charge is 0.231 e. The number of ether oxygens (including phenoxy) is 4. The van der Waals surface area contributed by atoms with Gasteiger partial charge in [-0.3, -0.25) is 14.9 Å². The largest absolute Gasteiger partial charge is 0.495 e. The van der Waals surface area contributed by atoms with Gasteiger partial charge >= 0.3 is 0 Å². The minimum atomic E-state index is -0.266. The monoisotopic (exact) mass is 478 g/mol. The van der Waals surface area contributed by atoms with E-state index in [0.29, 0.717) is 57.9 Å². The summed E-state index contributed by atoms with van der Waals surface area (Å²) in [5.74, 6) is 2.43. The molecule has 0 unspecified atom stereocenters. The first-order valence-corrected chi connectivity index (χ1v) is 11.0. The van der Waals surface area contributed by atoms with Crippen molar-refractivity contribution >= 4 is 22.6 Å². The van der Waals surface area contributed by atoms with Crippen molar-refractivity contribution in [2.75, 3.05) is 26.1 Å². The highest BCUT2D eigenvalue weighted by Crippen LogP contribution is 2.36. The predicted molar refractivity (Wildman–Crippen MR) is 128 cm³/mol. The third-order valence-corrected chi connectivity index (χ3v) is 5.13. The zero-order valence-electron chi connectivity index (χ0n) is 19.9. The third-order valence-electron chi connectivity index (χ3n) is 5.13. The maximum absolute atomic E-state index is 12.5. The number of hydrogen-bond donors (Lipinski definition) is 2. The molecule has 11 heteroatoms. The minimum absolute atomic E-state index is 0.00568. The average molecular weight is 479 g/mol. The van der Waals surface area contributed by atoms with E-state index in [1.165, 1.54) is 19.6 Å². The van der Waals surface area contributed by atoms with Gasteiger partial charge in [0, 0.05) is 23.9 Å². The predicted octanol–water partition coefficient (Wildman–Crippen LogP) is 3.70. The summed E-state index contributed by atoms with van der Waals surface area (Å²) >= 11 is 0. The number of nitrogens with one attached hydrogen (secondary N) is 2. The maximum Gasteiger partial charge on any atom is 0.231 e. The number of carbonyl (C=O) groups is 1. The van der Waals surface area contributed by atoms with Crippen LogP contribution in [0.1, 0.15) is 25.2 Å². The van der Waals surface area contributed by atoms with Crippen molar-refractivity contribution in [1.29, 1.82) is 0 Å². The van der Waals surface area contributed by atoms with Gasteiger partial charge in [0.25, 0.3) is 0 Å². The van der Waals surface area contributed by atoms with Crippen LogP contribution in [0.2, 0.25) is 0 Å². The summed E-state index contributed by atoms with van der Waals surface area (Å²) in [6, 6.07) is 6.98. The molecular formula is C24H26N6O5. The van der Waals surface area contributed by atoms with Gasteiger partial charge in [0.1, 0.15) is 12.1 Å². The summed E-state index contributed by atoms with van der Waals surface area (Å²) in [6.45, 7) is 4.36. The number of hydrogen-bond acceptors (Lipinski definition) is 9. The summed E-state index contributed by atoms with van der Waals surface area (Å²) in [4.78, 5) is 25.4. The van der Waals surface area contributed by atoms with Crippen LogP contribution in [0, 0.1) is 0 Å². The van der Waals surface area contributed by atoms with Crippen molar-refractivity contribution in [3.63, 3.8) is 0 Å². The number of carbonyl (C=O) groups excluding carboxylic acids is 1. The van der Waals surface area contributed by atoms with Crippen LogP contribution < -0.4 is 24.3 Å². The molecule has 3 aromatic heterocycles. The van der Waals surface area contributed by atoms with Gasteiger partial charge < -0.3 is 24.3 Å². The molecule has 2 N–H and O–H groups in total. The van der Waals surface area contributed by atoms with Gasteiger partial charge in [-0.15, -0.1) is 0 Å². The number of H-pyrrole nitrogens is 1. The fourth-order valence-corrected chi connectivity index (χ4v) is 3.43. The lowest BCUT2D eigenvalue weighted by molar-refractivity contribution is -0.115. The SMILES string of the molecule is CCOc1cc2c(Oc3cnc(CC(=O)Nc4cc(CC)[nH]n4)c(OC)c3)ncnc2cc1OC. The molecule has 1 amide bonds. The molecule has 35 heavy (non-hydrogen) atoms. The van der Waals surface area contributed by atoms with E-state index in [9.17, 15) is 4.79 Å². The van der Waals surface area contributed by atoms with Crippen molar-refractivity contribution in [2.45, 2.75) is 26.7 Å². The summed E-state index contributed by atoms with van der Waals surface area (Å²) in [5, 5.41) is 10.3. The van der Waals surface area contributed by atoms with Gasteiger partial charge in [-0.1, -0.05) is 6.92 Å². The second-order valence-electron chi connectivity index (χ2n) is 7.41. The average Bonchev–Trinajstić information content (AvgIpc) is 3.32. The lowest BCUT2D eigenvalue weighted by atomic mass is 10.2. The number of rotatable bonds is 10. The minimum Gasteiger partial charge on any atom is -0.495 e. The molecule has 0 aliphatic carbocycles. The number of nitrogens with zero attached hydrogens (tertiary/aromatic N) is 4. The summed E-state index contributed by atoms with van der Waals surface area (Å²) in [5.41, 5.74) is 2.02. The van der Waals surface area contributed by atoms with Gasteiger partial charge in [-0.25, -0.2) is 9.97 Å². The van der Waals surface area contributed by atoms with E-state index in [0.717, 1.165) is 12.1 Å². The van der Waals surface area contributed by atoms with E-state index in [2.05, 4.69) is 30.5 Å². The van der Waals surface area contributed by atoms with Gasteiger partial charge in [0.05, 0.1) is 50.0 Å². The van der Waals surface area contributed by atoms with E-state index >= 15 is 0 Å². The van der Waals surface area contributed by atoms with Crippen LogP contribution in [0.4, 0.5) is 5.82 Å². The van der Waals surface area contributed by atoms with Gasteiger partial charge in [-0.2, -0.15) is 5.10 Å². The molecule has 0 radical (unpaired) electrons. The van der Waals surface area contributed by atoms with Crippen LogP contribution >= 0.6 is 0 Å². The van der Waals surface area contributed by atoms with E-state index in [1.807, 2.05) is 13.8 Å². The van der Waals surface area contributed by atoms with E-state index in [-0.39, 0.29) is 12.3 Å². The molecule has 0 atom stereocenters. The second-order valence-corrected chi connectivity index (χ2v) is 7.41. The molecule has 11 nitrogen and oxygen atoms in total. The Bertz CT molecular complexity index is 1340. The van der Waals surface area contributed by atoms with E-state index in [1.54, 1.807) is 31.4 Å². The number of pyridine rings is 1. The molecule has 0 aliphatic heterocycles. The quantitative estimate of drug-likeness (QED) is 0.350. The Labute approximate surface area is 201 Å². The molecule has 0 saturated carbocycles. The lowest BCUT2D eigenvalue weighted by Gasteiger charge is -2.13. The molecule has 182 valence electrons. The first-order chi connectivity index (χ1) is 17.0. The molecule has 4 rings (SSSR count).